The molecule has 0 saturated carbocycles. The molecule has 6 nitrogen and oxygen atoms in total. The van der Waals surface area contributed by atoms with E-state index in [-0.39, 0.29) is 0 Å². The molecule has 0 saturated heterocycles. The van der Waals surface area contributed by atoms with E-state index in [0.717, 1.165) is 17.4 Å². The number of carbonyl (C=O) groups is 2. The van der Waals surface area contributed by atoms with Crippen molar-refractivity contribution in [2.45, 2.75) is 6.61 Å². The maximum Gasteiger partial charge on any atom is 0.343 e. The van der Waals surface area contributed by atoms with Gasteiger partial charge < -0.3 is 19.7 Å². The van der Waals surface area contributed by atoms with Gasteiger partial charge in [-0.25, -0.2) is 9.59 Å². The van der Waals surface area contributed by atoms with Crippen LogP contribution in [0.2, 0.25) is 0 Å². The van der Waals surface area contributed by atoms with E-state index in [1.807, 2.05) is 24.3 Å². The van der Waals surface area contributed by atoms with Crippen LogP contribution < -0.4 is 9.47 Å². The first-order valence-corrected chi connectivity index (χ1v) is 7.03. The summed E-state index contributed by atoms with van der Waals surface area (Å²) in [4.78, 5) is 21.7. The van der Waals surface area contributed by atoms with Gasteiger partial charge in [0.1, 0.15) is 23.7 Å². The van der Waals surface area contributed by atoms with Gasteiger partial charge in [-0.3, -0.25) is 0 Å². The Balaban J connectivity index is 2.05. The Hall–Kier alpha value is -3.28. The number of hydrogen-bond donors (Lipinski definition) is 2. The largest absolute Gasteiger partial charge is 0.497 e. The molecule has 0 spiro atoms. The van der Waals surface area contributed by atoms with E-state index in [1.54, 1.807) is 31.4 Å². The molecule has 0 aliphatic heterocycles. The molecule has 2 aromatic carbocycles. The zero-order chi connectivity index (χ0) is 17.5. The summed E-state index contributed by atoms with van der Waals surface area (Å²) in [6, 6.07) is 14.0. The highest BCUT2D eigenvalue weighted by Crippen LogP contribution is 2.18. The summed E-state index contributed by atoms with van der Waals surface area (Å²) in [7, 11) is 1.59. The van der Waals surface area contributed by atoms with Gasteiger partial charge in [0.25, 0.3) is 0 Å². The zero-order valence-corrected chi connectivity index (χ0v) is 12.9. The highest BCUT2D eigenvalue weighted by molar-refractivity contribution is 6.16. The summed E-state index contributed by atoms with van der Waals surface area (Å²) in [6.45, 7) is 0.349. The molecular formula is C18H16O6. The summed E-state index contributed by atoms with van der Waals surface area (Å²) in [5, 5.41) is 17.7. The quantitative estimate of drug-likeness (QED) is 0.461. The van der Waals surface area contributed by atoms with Gasteiger partial charge in [-0.2, -0.15) is 0 Å². The second-order valence-electron chi connectivity index (χ2n) is 4.88. The molecule has 0 fully saturated rings. The third-order valence-corrected chi connectivity index (χ3v) is 3.19. The van der Waals surface area contributed by atoms with E-state index in [9.17, 15) is 9.59 Å². The van der Waals surface area contributed by atoms with Gasteiger partial charge in [-0.15, -0.1) is 0 Å². The van der Waals surface area contributed by atoms with Crippen LogP contribution in [0.15, 0.2) is 54.1 Å². The Morgan fingerprint density at radius 2 is 1.67 bits per heavy atom. The molecule has 0 radical (unpaired) electrons. The molecule has 2 aromatic rings. The fraction of sp³-hybridized carbons (Fsp3) is 0.111. The monoisotopic (exact) mass is 328 g/mol. The highest BCUT2D eigenvalue weighted by atomic mass is 16.5. The predicted octanol–water partition coefficient (Wildman–Crippen LogP) is 2.83. The van der Waals surface area contributed by atoms with Crippen molar-refractivity contribution in [1.82, 2.24) is 0 Å². The molecular weight excluding hydrogens is 312 g/mol. The Morgan fingerprint density at radius 1 is 1.00 bits per heavy atom. The van der Waals surface area contributed by atoms with Crippen molar-refractivity contribution >= 4 is 18.0 Å². The summed E-state index contributed by atoms with van der Waals surface area (Å²) < 4.78 is 10.8. The van der Waals surface area contributed by atoms with E-state index in [2.05, 4.69) is 0 Å². The van der Waals surface area contributed by atoms with Crippen LogP contribution in [-0.4, -0.2) is 29.3 Å². The van der Waals surface area contributed by atoms with Gasteiger partial charge in [0, 0.05) is 0 Å². The van der Waals surface area contributed by atoms with E-state index in [1.165, 1.54) is 0 Å². The number of benzene rings is 2. The van der Waals surface area contributed by atoms with Crippen molar-refractivity contribution < 1.29 is 29.3 Å². The number of hydrogen-bond acceptors (Lipinski definition) is 4. The number of rotatable bonds is 7. The van der Waals surface area contributed by atoms with Crippen molar-refractivity contribution in [2.24, 2.45) is 0 Å². The van der Waals surface area contributed by atoms with Crippen molar-refractivity contribution in [3.8, 4) is 11.5 Å². The summed E-state index contributed by atoms with van der Waals surface area (Å²) in [5.74, 6) is -1.64. The summed E-state index contributed by atoms with van der Waals surface area (Å²) in [6.07, 6.45) is 1.09. The van der Waals surface area contributed by atoms with Crippen LogP contribution in [0.5, 0.6) is 11.5 Å². The van der Waals surface area contributed by atoms with Gasteiger partial charge in [0.05, 0.1) is 7.11 Å². The number of ether oxygens (including phenoxy) is 2. The summed E-state index contributed by atoms with van der Waals surface area (Å²) >= 11 is 0. The van der Waals surface area contributed by atoms with Crippen LogP contribution >= 0.6 is 0 Å². The first-order valence-electron chi connectivity index (χ1n) is 7.03. The zero-order valence-electron chi connectivity index (χ0n) is 12.9. The number of carboxylic acid groups (broad SMARTS) is 2. The van der Waals surface area contributed by atoms with Gasteiger partial charge in [0.15, 0.2) is 0 Å². The standard InChI is InChI=1S/C18H16O6/c1-23-15-4-2-3-13(9-15)11-24-14-7-5-12(6-8-14)10-16(17(19)20)18(21)22/h2-10H,11H2,1H3,(H,19,20)(H,21,22). The smallest absolute Gasteiger partial charge is 0.343 e. The molecule has 0 heterocycles. The molecule has 0 aliphatic carbocycles. The first-order chi connectivity index (χ1) is 11.5. The average Bonchev–Trinajstić information content (AvgIpc) is 2.58. The van der Waals surface area contributed by atoms with Crippen molar-refractivity contribution in [2.75, 3.05) is 7.11 Å². The number of methoxy groups -OCH3 is 1. The Labute approximate surface area is 138 Å². The fourth-order valence-electron chi connectivity index (χ4n) is 1.97. The van der Waals surface area contributed by atoms with Crippen molar-refractivity contribution in [3.05, 3.63) is 65.2 Å². The lowest BCUT2D eigenvalue weighted by atomic mass is 10.1. The maximum absolute atomic E-state index is 10.8. The molecule has 124 valence electrons. The topological polar surface area (TPSA) is 93.1 Å². The predicted molar refractivity (Wildman–Crippen MR) is 87.0 cm³/mol. The number of carboxylic acids is 2. The van der Waals surface area contributed by atoms with Crippen LogP contribution in [0.25, 0.3) is 6.08 Å². The Bertz CT molecular complexity index is 745. The minimum absolute atomic E-state index is 0.349. The fourth-order valence-corrected chi connectivity index (χ4v) is 1.97. The summed E-state index contributed by atoms with van der Waals surface area (Å²) in [5.41, 5.74) is 0.709. The van der Waals surface area contributed by atoms with Crippen LogP contribution in [0.3, 0.4) is 0 Å². The normalized spacial score (nSPS) is 9.88. The highest BCUT2D eigenvalue weighted by Gasteiger charge is 2.15. The molecule has 2 N–H and O–H groups in total. The Morgan fingerprint density at radius 3 is 2.25 bits per heavy atom. The van der Waals surface area contributed by atoms with Gasteiger partial charge in [-0.1, -0.05) is 24.3 Å². The lowest BCUT2D eigenvalue weighted by Crippen LogP contribution is -2.10. The third kappa shape index (κ3) is 4.61. The van der Waals surface area contributed by atoms with Crippen molar-refractivity contribution in [1.29, 1.82) is 0 Å². The van der Waals surface area contributed by atoms with Crippen LogP contribution in [0, 0.1) is 0 Å². The van der Waals surface area contributed by atoms with E-state index in [4.69, 9.17) is 19.7 Å². The van der Waals surface area contributed by atoms with Crippen LogP contribution in [0.4, 0.5) is 0 Å². The first kappa shape index (κ1) is 17.1. The lowest BCUT2D eigenvalue weighted by molar-refractivity contribution is -0.140. The minimum Gasteiger partial charge on any atom is -0.497 e. The SMILES string of the molecule is COc1cccc(COc2ccc(C=C(C(=O)O)C(=O)O)cc2)c1. The minimum atomic E-state index is -1.49. The molecule has 6 heteroatoms. The maximum atomic E-state index is 10.8. The van der Waals surface area contributed by atoms with Crippen LogP contribution in [-0.2, 0) is 16.2 Å². The molecule has 0 aliphatic rings. The molecule has 0 amide bonds. The van der Waals surface area contributed by atoms with Gasteiger partial charge >= 0.3 is 11.9 Å². The number of aliphatic carboxylic acids is 2. The molecule has 0 bridgehead atoms. The van der Waals surface area contributed by atoms with E-state index < -0.39 is 17.5 Å². The van der Waals surface area contributed by atoms with E-state index in [0.29, 0.717) is 17.9 Å². The lowest BCUT2D eigenvalue weighted by Gasteiger charge is -2.08. The van der Waals surface area contributed by atoms with Gasteiger partial charge in [-0.05, 0) is 41.5 Å². The Kier molecular flexibility index (Phi) is 5.57. The second kappa shape index (κ2) is 7.82. The van der Waals surface area contributed by atoms with Crippen molar-refractivity contribution in [3.63, 3.8) is 0 Å². The molecule has 24 heavy (non-hydrogen) atoms. The molecule has 0 unspecified atom stereocenters. The van der Waals surface area contributed by atoms with Gasteiger partial charge in [0.2, 0.25) is 0 Å². The third-order valence-electron chi connectivity index (χ3n) is 3.19. The van der Waals surface area contributed by atoms with Crippen LogP contribution in [0.1, 0.15) is 11.1 Å². The molecule has 2 rings (SSSR count). The molecule has 0 aromatic heterocycles. The van der Waals surface area contributed by atoms with E-state index >= 15 is 0 Å². The second-order valence-corrected chi connectivity index (χ2v) is 4.88. The average molecular weight is 328 g/mol. The molecule has 0 atom stereocenters.